The van der Waals surface area contributed by atoms with Gasteiger partial charge in [-0.2, -0.15) is 5.26 Å². The molecule has 0 spiro atoms. The molecule has 6 heteroatoms. The number of carbonyl (C=O) groups excluding carboxylic acids is 1. The van der Waals surface area contributed by atoms with Gasteiger partial charge in [-0.1, -0.05) is 0 Å². The molecular weight excluding hydrogens is 290 g/mol. The number of phenolic OH excluding ortho intramolecular Hbond substituents is 1. The quantitative estimate of drug-likeness (QED) is 0.866. The number of nitriles is 1. The first kappa shape index (κ1) is 13.3. The number of methoxy groups -OCH3 is 1. The molecule has 1 aromatic rings. The Morgan fingerprint density at radius 2 is 2.24 bits per heavy atom. The number of rotatable bonds is 3. The van der Waals surface area contributed by atoms with Gasteiger partial charge in [-0.05, 0) is 35.0 Å². The summed E-state index contributed by atoms with van der Waals surface area (Å²) in [4.78, 5) is 11.6. The van der Waals surface area contributed by atoms with Crippen molar-refractivity contribution in [2.24, 2.45) is 0 Å². The molecule has 1 aromatic carbocycles. The zero-order chi connectivity index (χ0) is 13.0. The van der Waals surface area contributed by atoms with Crippen LogP contribution < -0.4 is 4.74 Å². The van der Waals surface area contributed by atoms with Crippen LogP contribution in [0.3, 0.4) is 0 Å². The molecule has 0 aliphatic heterocycles. The summed E-state index contributed by atoms with van der Waals surface area (Å²) in [7, 11) is 1.37. The summed E-state index contributed by atoms with van der Waals surface area (Å²) in [5.74, 6) is -0.605. The Hall–Kier alpha value is -1.74. The Morgan fingerprint density at radius 1 is 1.59 bits per heavy atom. The van der Waals surface area contributed by atoms with Crippen molar-refractivity contribution in [3.8, 4) is 17.6 Å². The maximum absolute atomic E-state index is 11.6. The number of hydrogen-bond donors (Lipinski definition) is 1. The van der Waals surface area contributed by atoms with Crippen LogP contribution in [0.25, 0.3) is 0 Å². The Kier molecular flexibility index (Phi) is 4.35. The Morgan fingerprint density at radius 3 is 2.76 bits per heavy atom. The van der Waals surface area contributed by atoms with Crippen molar-refractivity contribution < 1.29 is 19.4 Å². The number of benzene rings is 1. The highest BCUT2D eigenvalue weighted by atomic mass is 79.9. The van der Waals surface area contributed by atoms with Gasteiger partial charge in [-0.3, -0.25) is 0 Å². The second-order valence-electron chi connectivity index (χ2n) is 3.19. The van der Waals surface area contributed by atoms with Crippen LogP contribution in [0.2, 0.25) is 0 Å². The molecule has 90 valence electrons. The minimum absolute atomic E-state index is 0.0996. The number of hydrogen-bond acceptors (Lipinski definition) is 5. The summed E-state index contributed by atoms with van der Waals surface area (Å²) in [6, 6.07) is 4.52. The highest BCUT2D eigenvalue weighted by Gasteiger charge is 2.16. The molecule has 0 radical (unpaired) electrons. The molecule has 5 nitrogen and oxygen atoms in total. The number of nitrogens with zero attached hydrogens (tertiary/aromatic N) is 1. The van der Waals surface area contributed by atoms with Crippen LogP contribution in [0.4, 0.5) is 0 Å². The summed E-state index contributed by atoms with van der Waals surface area (Å²) in [5, 5.41) is 18.1. The molecule has 0 heterocycles. The van der Waals surface area contributed by atoms with Crippen LogP contribution in [0.1, 0.15) is 17.3 Å². The van der Waals surface area contributed by atoms with Crippen molar-refractivity contribution in [2.75, 3.05) is 7.11 Å². The average molecular weight is 300 g/mol. The van der Waals surface area contributed by atoms with Crippen LogP contribution in [0.5, 0.6) is 11.5 Å². The molecule has 0 aliphatic rings. The van der Waals surface area contributed by atoms with E-state index in [1.54, 1.807) is 6.07 Å². The molecule has 1 atom stereocenters. The zero-order valence-corrected chi connectivity index (χ0v) is 10.8. The molecule has 0 bridgehead atoms. The molecule has 1 rings (SSSR count). The fourth-order valence-corrected chi connectivity index (χ4v) is 1.54. The number of halogens is 1. The van der Waals surface area contributed by atoms with Crippen LogP contribution in [0.15, 0.2) is 16.6 Å². The van der Waals surface area contributed by atoms with Gasteiger partial charge in [0.25, 0.3) is 0 Å². The predicted octanol–water partition coefficient (Wildman–Crippen LogP) is 2.23. The van der Waals surface area contributed by atoms with Gasteiger partial charge in [0.2, 0.25) is 0 Å². The van der Waals surface area contributed by atoms with Crippen molar-refractivity contribution in [1.82, 2.24) is 0 Å². The number of ether oxygens (including phenoxy) is 2. The lowest BCUT2D eigenvalue weighted by Gasteiger charge is -2.09. The Labute approximate surface area is 107 Å². The molecule has 0 aliphatic carbocycles. The lowest BCUT2D eigenvalue weighted by molar-refractivity contribution is 0.0435. The Bertz CT molecular complexity index is 481. The van der Waals surface area contributed by atoms with E-state index in [0.29, 0.717) is 4.47 Å². The smallest absolute Gasteiger partial charge is 0.339 e. The molecule has 0 saturated heterocycles. The van der Waals surface area contributed by atoms with Crippen molar-refractivity contribution in [1.29, 1.82) is 5.26 Å². The zero-order valence-electron chi connectivity index (χ0n) is 9.23. The first-order valence-corrected chi connectivity index (χ1v) is 5.46. The summed E-state index contributed by atoms with van der Waals surface area (Å²) in [6.07, 6.45) is -0.832. The van der Waals surface area contributed by atoms with Gasteiger partial charge in [0.1, 0.15) is 6.07 Å². The maximum atomic E-state index is 11.6. The van der Waals surface area contributed by atoms with Crippen molar-refractivity contribution in [3.05, 3.63) is 22.2 Å². The number of esters is 1. The van der Waals surface area contributed by atoms with Gasteiger partial charge in [0.15, 0.2) is 17.6 Å². The first-order valence-electron chi connectivity index (χ1n) is 4.66. The third-order valence-corrected chi connectivity index (χ3v) is 2.55. The van der Waals surface area contributed by atoms with E-state index in [1.807, 2.05) is 0 Å². The largest absolute Gasteiger partial charge is 0.503 e. The second kappa shape index (κ2) is 5.55. The van der Waals surface area contributed by atoms with E-state index in [0.717, 1.165) is 0 Å². The minimum Gasteiger partial charge on any atom is -0.503 e. The van der Waals surface area contributed by atoms with E-state index in [2.05, 4.69) is 15.9 Å². The summed E-state index contributed by atoms with van der Waals surface area (Å²) >= 11 is 3.09. The first-order chi connectivity index (χ1) is 7.99. The molecule has 0 saturated carbocycles. The van der Waals surface area contributed by atoms with Gasteiger partial charge in [-0.15, -0.1) is 0 Å². The summed E-state index contributed by atoms with van der Waals surface area (Å²) in [6.45, 7) is 1.46. The third kappa shape index (κ3) is 3.11. The third-order valence-electron chi connectivity index (χ3n) is 1.95. The Balaban J connectivity index is 3.04. The fourth-order valence-electron chi connectivity index (χ4n) is 1.10. The molecule has 17 heavy (non-hydrogen) atoms. The molecule has 1 unspecified atom stereocenters. The molecule has 0 fully saturated rings. The van der Waals surface area contributed by atoms with E-state index in [-0.39, 0.29) is 17.1 Å². The normalized spacial score (nSPS) is 11.4. The molecular formula is C11H10BrNO4. The SMILES string of the molecule is COc1cc(C(=O)OC(C)C#N)cc(Br)c1O. The van der Waals surface area contributed by atoms with Gasteiger partial charge in [0, 0.05) is 0 Å². The van der Waals surface area contributed by atoms with E-state index in [9.17, 15) is 9.90 Å². The minimum atomic E-state index is -0.832. The molecule has 0 amide bonds. The van der Waals surface area contributed by atoms with Crippen molar-refractivity contribution in [3.63, 3.8) is 0 Å². The fraction of sp³-hybridized carbons (Fsp3) is 0.273. The second-order valence-corrected chi connectivity index (χ2v) is 4.04. The van der Waals surface area contributed by atoms with Gasteiger partial charge < -0.3 is 14.6 Å². The standard InChI is InChI=1S/C11H10BrNO4/c1-6(5-13)17-11(15)7-3-8(12)10(14)9(4-7)16-2/h3-4,6,14H,1-2H3. The van der Waals surface area contributed by atoms with Crippen LogP contribution in [-0.4, -0.2) is 24.3 Å². The average Bonchev–Trinajstić information content (AvgIpc) is 2.32. The number of aromatic hydroxyl groups is 1. The van der Waals surface area contributed by atoms with Crippen LogP contribution >= 0.6 is 15.9 Å². The van der Waals surface area contributed by atoms with Gasteiger partial charge in [0.05, 0.1) is 17.1 Å². The monoisotopic (exact) mass is 299 g/mol. The maximum Gasteiger partial charge on any atom is 0.339 e. The number of phenols is 1. The van der Waals surface area contributed by atoms with Crippen molar-refractivity contribution >= 4 is 21.9 Å². The van der Waals surface area contributed by atoms with Gasteiger partial charge >= 0.3 is 5.97 Å². The topological polar surface area (TPSA) is 79.5 Å². The lowest BCUT2D eigenvalue weighted by atomic mass is 10.2. The molecule has 1 N–H and O–H groups in total. The number of carbonyl (C=O) groups is 1. The van der Waals surface area contributed by atoms with E-state index in [1.165, 1.54) is 26.2 Å². The highest BCUT2D eigenvalue weighted by Crippen LogP contribution is 2.35. The predicted molar refractivity (Wildman–Crippen MR) is 62.8 cm³/mol. The van der Waals surface area contributed by atoms with Gasteiger partial charge in [-0.25, -0.2) is 4.79 Å². The molecule has 0 aromatic heterocycles. The highest BCUT2D eigenvalue weighted by molar-refractivity contribution is 9.10. The summed E-state index contributed by atoms with van der Waals surface area (Å²) in [5.41, 5.74) is 0.189. The summed E-state index contributed by atoms with van der Waals surface area (Å²) < 4.78 is 10.0. The van der Waals surface area contributed by atoms with E-state index >= 15 is 0 Å². The van der Waals surface area contributed by atoms with E-state index in [4.69, 9.17) is 14.7 Å². The lowest BCUT2D eigenvalue weighted by Crippen LogP contribution is -2.13. The van der Waals surface area contributed by atoms with Crippen molar-refractivity contribution in [2.45, 2.75) is 13.0 Å². The van der Waals surface area contributed by atoms with Crippen LogP contribution in [-0.2, 0) is 4.74 Å². The van der Waals surface area contributed by atoms with Crippen LogP contribution in [0, 0.1) is 11.3 Å². The van der Waals surface area contributed by atoms with E-state index < -0.39 is 12.1 Å².